The molecule has 2 aromatic rings. The number of hydrogen-bond donors (Lipinski definition) is 1. The normalized spacial score (nSPS) is 17.2. The van der Waals surface area contributed by atoms with Crippen molar-refractivity contribution in [1.29, 1.82) is 0 Å². The van der Waals surface area contributed by atoms with Gasteiger partial charge in [-0.15, -0.1) is 11.3 Å². The van der Waals surface area contributed by atoms with E-state index in [1.54, 1.807) is 22.4 Å². The van der Waals surface area contributed by atoms with Crippen LogP contribution >= 0.6 is 11.3 Å². The lowest BCUT2D eigenvalue weighted by Crippen LogP contribution is -2.47. The first-order valence-corrected chi connectivity index (χ1v) is 9.81. The molecule has 1 aromatic heterocycles. The van der Waals surface area contributed by atoms with E-state index in [4.69, 9.17) is 9.47 Å². The molecule has 2 amide bonds. The summed E-state index contributed by atoms with van der Waals surface area (Å²) in [5.74, 6) is 0.874. The number of urea groups is 1. The van der Waals surface area contributed by atoms with Crippen LogP contribution in [-0.2, 0) is 11.3 Å². The molecule has 6 nitrogen and oxygen atoms in total. The maximum Gasteiger partial charge on any atom is 0.317 e. The van der Waals surface area contributed by atoms with Crippen molar-refractivity contribution < 1.29 is 14.3 Å². The molecule has 1 aliphatic heterocycles. The van der Waals surface area contributed by atoms with Gasteiger partial charge in [0.2, 0.25) is 0 Å². The molecular formula is C19H25N3O3S. The van der Waals surface area contributed by atoms with Crippen LogP contribution in [0.25, 0.3) is 0 Å². The summed E-state index contributed by atoms with van der Waals surface area (Å²) < 4.78 is 11.4. The average Bonchev–Trinajstić information content (AvgIpc) is 3.20. The molecule has 0 radical (unpaired) electrons. The lowest BCUT2D eigenvalue weighted by Gasteiger charge is -2.32. The van der Waals surface area contributed by atoms with Crippen LogP contribution < -0.4 is 10.1 Å². The van der Waals surface area contributed by atoms with Gasteiger partial charge >= 0.3 is 6.03 Å². The van der Waals surface area contributed by atoms with Crippen molar-refractivity contribution in [2.24, 2.45) is 0 Å². The van der Waals surface area contributed by atoms with E-state index < -0.39 is 0 Å². The topological polar surface area (TPSA) is 63.7 Å². The molecule has 0 spiro atoms. The van der Waals surface area contributed by atoms with Gasteiger partial charge in [-0.3, -0.25) is 0 Å². The average molecular weight is 375 g/mol. The van der Waals surface area contributed by atoms with Gasteiger partial charge < -0.3 is 19.7 Å². The molecule has 1 atom stereocenters. The fourth-order valence-corrected chi connectivity index (χ4v) is 3.51. The Morgan fingerprint density at radius 2 is 2.38 bits per heavy atom. The Kier molecular flexibility index (Phi) is 6.46. The van der Waals surface area contributed by atoms with E-state index in [1.165, 1.54) is 0 Å². The minimum absolute atomic E-state index is 0.0689. The first-order chi connectivity index (χ1) is 12.7. The highest BCUT2D eigenvalue weighted by molar-refractivity contribution is 7.09. The van der Waals surface area contributed by atoms with Gasteiger partial charge in [0.15, 0.2) is 0 Å². The standard InChI is InChI=1S/C19H25N3O3S/c1-3-8-24-16-5-4-15(14(2)11-16)12-21-19(23)22-7-9-25-17(13-22)18-20-6-10-26-18/h4-6,10-11,17H,3,7-9,12-13H2,1-2H3,(H,21,23)/t17-/m0/s1. The zero-order chi connectivity index (χ0) is 18.4. The number of carbonyl (C=O) groups is 1. The largest absolute Gasteiger partial charge is 0.494 e. The molecule has 2 heterocycles. The van der Waals surface area contributed by atoms with Crippen molar-refractivity contribution in [3.05, 3.63) is 45.9 Å². The van der Waals surface area contributed by atoms with Gasteiger partial charge in [-0.05, 0) is 36.6 Å². The van der Waals surface area contributed by atoms with Crippen LogP contribution in [0.15, 0.2) is 29.8 Å². The highest BCUT2D eigenvalue weighted by Crippen LogP contribution is 2.24. The third-order valence-electron chi connectivity index (χ3n) is 4.30. The number of nitrogens with zero attached hydrogens (tertiary/aromatic N) is 2. The number of rotatable bonds is 6. The summed E-state index contributed by atoms with van der Waals surface area (Å²) in [6.07, 6.45) is 2.61. The third-order valence-corrected chi connectivity index (χ3v) is 5.17. The van der Waals surface area contributed by atoms with Crippen LogP contribution in [-0.4, -0.2) is 42.2 Å². The molecule has 1 N–H and O–H groups in total. The molecule has 3 rings (SSSR count). The first kappa shape index (κ1) is 18.7. The Labute approximate surface area is 158 Å². The highest BCUT2D eigenvalue weighted by Gasteiger charge is 2.26. The van der Waals surface area contributed by atoms with Crippen LogP contribution in [0.4, 0.5) is 4.79 Å². The summed E-state index contributed by atoms with van der Waals surface area (Å²) in [5, 5.41) is 5.85. The van der Waals surface area contributed by atoms with Crippen LogP contribution in [0.1, 0.15) is 35.6 Å². The Morgan fingerprint density at radius 3 is 3.12 bits per heavy atom. The van der Waals surface area contributed by atoms with Gasteiger partial charge in [0.05, 0.1) is 19.8 Å². The number of aryl methyl sites for hydroxylation is 1. The number of morpholine rings is 1. The molecule has 0 aliphatic carbocycles. The summed E-state index contributed by atoms with van der Waals surface area (Å²) in [6.45, 7) is 6.98. The summed E-state index contributed by atoms with van der Waals surface area (Å²) in [5.41, 5.74) is 2.20. The summed E-state index contributed by atoms with van der Waals surface area (Å²) in [7, 11) is 0. The van der Waals surface area contributed by atoms with Crippen LogP contribution in [0.3, 0.4) is 0 Å². The molecule has 1 aromatic carbocycles. The number of amides is 2. The van der Waals surface area contributed by atoms with Crippen molar-refractivity contribution in [2.45, 2.75) is 32.9 Å². The first-order valence-electron chi connectivity index (χ1n) is 8.93. The van der Waals surface area contributed by atoms with Crippen molar-refractivity contribution in [3.8, 4) is 5.75 Å². The number of ether oxygens (including phenoxy) is 2. The van der Waals surface area contributed by atoms with Crippen LogP contribution in [0.5, 0.6) is 5.75 Å². The zero-order valence-corrected chi connectivity index (χ0v) is 16.1. The molecule has 26 heavy (non-hydrogen) atoms. The van der Waals surface area contributed by atoms with Crippen LogP contribution in [0, 0.1) is 6.92 Å². The van der Waals surface area contributed by atoms with E-state index >= 15 is 0 Å². The summed E-state index contributed by atoms with van der Waals surface area (Å²) in [6, 6.07) is 5.92. The third kappa shape index (κ3) is 4.74. The molecular weight excluding hydrogens is 350 g/mol. The van der Waals surface area contributed by atoms with E-state index in [2.05, 4.69) is 17.2 Å². The summed E-state index contributed by atoms with van der Waals surface area (Å²) in [4.78, 5) is 18.6. The van der Waals surface area contributed by atoms with Crippen molar-refractivity contribution >= 4 is 17.4 Å². The fraction of sp³-hybridized carbons (Fsp3) is 0.474. The Bertz CT molecular complexity index is 721. The van der Waals surface area contributed by atoms with Gasteiger partial charge in [0.25, 0.3) is 0 Å². The van der Waals surface area contributed by atoms with Crippen molar-refractivity contribution in [3.63, 3.8) is 0 Å². The molecule has 0 unspecified atom stereocenters. The van der Waals surface area contributed by atoms with E-state index in [0.29, 0.717) is 32.8 Å². The number of thiazole rings is 1. The zero-order valence-electron chi connectivity index (χ0n) is 15.2. The number of carbonyl (C=O) groups excluding carboxylic acids is 1. The predicted octanol–water partition coefficient (Wildman–Crippen LogP) is 3.52. The maximum absolute atomic E-state index is 12.5. The molecule has 1 aliphatic rings. The maximum atomic E-state index is 12.5. The second-order valence-electron chi connectivity index (χ2n) is 6.27. The fourth-order valence-electron chi connectivity index (χ4n) is 2.84. The Balaban J connectivity index is 1.53. The van der Waals surface area contributed by atoms with Gasteiger partial charge in [0.1, 0.15) is 16.9 Å². The number of nitrogens with one attached hydrogen (secondary N) is 1. The van der Waals surface area contributed by atoms with Crippen LogP contribution in [0.2, 0.25) is 0 Å². The second-order valence-corrected chi connectivity index (χ2v) is 7.20. The molecule has 140 valence electrons. The number of hydrogen-bond acceptors (Lipinski definition) is 5. The van der Waals surface area contributed by atoms with Crippen molar-refractivity contribution in [1.82, 2.24) is 15.2 Å². The minimum Gasteiger partial charge on any atom is -0.494 e. The number of benzene rings is 1. The summed E-state index contributed by atoms with van der Waals surface area (Å²) >= 11 is 1.56. The van der Waals surface area contributed by atoms with Gasteiger partial charge in [-0.25, -0.2) is 9.78 Å². The van der Waals surface area contributed by atoms with E-state index in [-0.39, 0.29) is 12.1 Å². The Morgan fingerprint density at radius 1 is 1.50 bits per heavy atom. The molecule has 0 saturated carbocycles. The van der Waals surface area contributed by atoms with Crippen molar-refractivity contribution in [2.75, 3.05) is 26.3 Å². The quantitative estimate of drug-likeness (QED) is 0.839. The number of aromatic nitrogens is 1. The minimum atomic E-state index is -0.133. The lowest BCUT2D eigenvalue weighted by atomic mass is 10.1. The SMILES string of the molecule is CCCOc1ccc(CNC(=O)N2CCO[C@H](c3nccs3)C2)c(C)c1. The predicted molar refractivity (Wildman–Crippen MR) is 102 cm³/mol. The molecule has 1 fully saturated rings. The molecule has 7 heteroatoms. The lowest BCUT2D eigenvalue weighted by molar-refractivity contribution is -0.0155. The van der Waals surface area contributed by atoms with E-state index in [1.807, 2.05) is 30.5 Å². The molecule has 1 saturated heterocycles. The van der Waals surface area contributed by atoms with Gasteiger partial charge in [-0.1, -0.05) is 13.0 Å². The van der Waals surface area contributed by atoms with E-state index in [9.17, 15) is 4.79 Å². The highest BCUT2D eigenvalue weighted by atomic mass is 32.1. The second kappa shape index (κ2) is 9.00. The van der Waals surface area contributed by atoms with Gasteiger partial charge in [-0.2, -0.15) is 0 Å². The Hall–Kier alpha value is -2.12. The molecule has 0 bridgehead atoms. The monoisotopic (exact) mass is 375 g/mol. The van der Waals surface area contributed by atoms with E-state index in [0.717, 1.165) is 28.3 Å². The smallest absolute Gasteiger partial charge is 0.317 e. The van der Waals surface area contributed by atoms with Gasteiger partial charge in [0, 0.05) is 24.7 Å².